The molecule has 2 aromatic heterocycles. The highest BCUT2D eigenvalue weighted by Crippen LogP contribution is 2.27. The lowest BCUT2D eigenvalue weighted by Gasteiger charge is -2.11. The van der Waals surface area contributed by atoms with Gasteiger partial charge in [-0.25, -0.2) is 14.9 Å². The first kappa shape index (κ1) is 17.4. The van der Waals surface area contributed by atoms with Gasteiger partial charge in [0.1, 0.15) is 12.1 Å². The van der Waals surface area contributed by atoms with Gasteiger partial charge < -0.3 is 14.8 Å². The molecule has 0 bridgehead atoms. The van der Waals surface area contributed by atoms with Gasteiger partial charge in [-0.3, -0.25) is 4.79 Å². The van der Waals surface area contributed by atoms with E-state index >= 15 is 0 Å². The number of nitrogens with zero attached hydrogens (tertiary/aromatic N) is 2. The minimum atomic E-state index is -0.142. The number of pyridine rings is 1. The van der Waals surface area contributed by atoms with E-state index in [1.807, 2.05) is 6.92 Å². The molecule has 8 nitrogen and oxygen atoms in total. The number of rotatable bonds is 9. The van der Waals surface area contributed by atoms with Gasteiger partial charge in [0.15, 0.2) is 4.83 Å². The van der Waals surface area contributed by atoms with Crippen molar-refractivity contribution in [3.8, 4) is 11.1 Å². The predicted octanol–water partition coefficient (Wildman–Crippen LogP) is 1.90. The maximum atomic E-state index is 10.8. The molecule has 1 N–H and O–H groups in total. The fourth-order valence-electron chi connectivity index (χ4n) is 1.70. The first-order chi connectivity index (χ1) is 11.1. The van der Waals surface area contributed by atoms with E-state index in [0.29, 0.717) is 17.7 Å². The summed E-state index contributed by atoms with van der Waals surface area (Å²) >= 11 is 1.35. The van der Waals surface area contributed by atoms with Crippen LogP contribution in [0.4, 0.5) is 0 Å². The second-order valence-corrected chi connectivity index (χ2v) is 5.59. The third kappa shape index (κ3) is 5.62. The Bertz CT molecular complexity index is 648. The van der Waals surface area contributed by atoms with E-state index in [4.69, 9.17) is 19.2 Å². The van der Waals surface area contributed by atoms with Crippen molar-refractivity contribution < 1.29 is 24.0 Å². The van der Waals surface area contributed by atoms with Crippen LogP contribution in [0.3, 0.4) is 0 Å². The third-order valence-corrected chi connectivity index (χ3v) is 3.46. The summed E-state index contributed by atoms with van der Waals surface area (Å²) in [6.07, 6.45) is 0. The highest BCUT2D eigenvalue weighted by atomic mass is 32.1. The lowest BCUT2D eigenvalue weighted by Crippen LogP contribution is -2.34. The molecular formula is C14H19N3O5S. The minimum absolute atomic E-state index is 0.109. The van der Waals surface area contributed by atoms with Crippen LogP contribution >= 0.6 is 11.3 Å². The van der Waals surface area contributed by atoms with E-state index in [0.717, 1.165) is 10.3 Å². The third-order valence-electron chi connectivity index (χ3n) is 2.58. The van der Waals surface area contributed by atoms with Crippen molar-refractivity contribution in [3.63, 3.8) is 0 Å². The Balaban J connectivity index is 1.75. The summed E-state index contributed by atoms with van der Waals surface area (Å²) in [5.41, 5.74) is 0.757. The Morgan fingerprint density at radius 3 is 2.87 bits per heavy atom. The molecule has 2 heterocycles. The van der Waals surface area contributed by atoms with Gasteiger partial charge in [0.2, 0.25) is 18.6 Å². The fraction of sp³-hybridized carbons (Fsp3) is 0.500. The molecule has 0 saturated heterocycles. The Morgan fingerprint density at radius 1 is 1.30 bits per heavy atom. The molecule has 0 spiro atoms. The Morgan fingerprint density at radius 2 is 2.13 bits per heavy atom. The fourth-order valence-corrected chi connectivity index (χ4v) is 2.54. The summed E-state index contributed by atoms with van der Waals surface area (Å²) in [7, 11) is 0. The molecule has 2 aromatic rings. The number of amides is 1. The van der Waals surface area contributed by atoms with Crippen LogP contribution in [0.2, 0.25) is 0 Å². The molecule has 126 valence electrons. The van der Waals surface area contributed by atoms with Gasteiger partial charge in [0.25, 0.3) is 5.19 Å². The number of nitrogens with one attached hydrogen (secondary N) is 1. The number of fused-ring (bicyclic) bond motifs is 1. The predicted molar refractivity (Wildman–Crippen MR) is 84.4 cm³/mol. The van der Waals surface area contributed by atoms with Crippen LogP contribution in [0.15, 0.2) is 12.1 Å². The smallest absolute Gasteiger partial charge is 0.275 e. The summed E-state index contributed by atoms with van der Waals surface area (Å²) in [5.74, 6) is 0.286. The van der Waals surface area contributed by atoms with E-state index in [1.165, 1.54) is 18.3 Å². The zero-order valence-electron chi connectivity index (χ0n) is 13.2. The normalized spacial score (nSPS) is 12.1. The van der Waals surface area contributed by atoms with E-state index < -0.39 is 0 Å². The van der Waals surface area contributed by atoms with Crippen molar-refractivity contribution in [1.29, 1.82) is 0 Å². The van der Waals surface area contributed by atoms with Gasteiger partial charge in [-0.1, -0.05) is 11.3 Å². The number of ether oxygens (including phenoxy) is 2. The summed E-state index contributed by atoms with van der Waals surface area (Å²) in [5, 5.41) is 3.25. The monoisotopic (exact) mass is 341 g/mol. The SMILES string of the molecule is CCOc1nc2ccc(OCOOC[C@H](C)NC(C)=O)nc2s1. The molecule has 2 rings (SSSR count). The second kappa shape index (κ2) is 8.61. The number of hydrogen-bond acceptors (Lipinski definition) is 8. The van der Waals surface area contributed by atoms with E-state index in [-0.39, 0.29) is 25.3 Å². The minimum Gasteiger partial charge on any atom is -0.470 e. The van der Waals surface area contributed by atoms with Crippen molar-refractivity contribution in [3.05, 3.63) is 12.1 Å². The molecule has 0 unspecified atom stereocenters. The molecule has 0 saturated carbocycles. The van der Waals surface area contributed by atoms with Crippen molar-refractivity contribution in [2.45, 2.75) is 26.8 Å². The standard InChI is InChI=1S/C14H19N3O5S/c1-4-19-14-16-11-5-6-12(17-13(11)23-14)20-8-22-21-7-9(2)15-10(3)18/h5-6,9H,4,7-8H2,1-3H3,(H,15,18)/t9-/m0/s1. The van der Waals surface area contributed by atoms with Gasteiger partial charge in [-0.05, 0) is 19.9 Å². The van der Waals surface area contributed by atoms with Crippen LogP contribution in [-0.4, -0.2) is 41.9 Å². The first-order valence-corrected chi connectivity index (χ1v) is 7.94. The molecule has 0 aliphatic carbocycles. The molecule has 1 amide bonds. The molecular weight excluding hydrogens is 322 g/mol. The molecule has 9 heteroatoms. The number of carbonyl (C=O) groups excluding carboxylic acids is 1. The summed E-state index contributed by atoms with van der Waals surface area (Å²) in [4.78, 5) is 30.0. The number of aromatic nitrogens is 2. The lowest BCUT2D eigenvalue weighted by atomic mass is 10.4. The van der Waals surface area contributed by atoms with Crippen LogP contribution in [0.1, 0.15) is 20.8 Å². The zero-order chi connectivity index (χ0) is 16.7. The van der Waals surface area contributed by atoms with Crippen molar-refractivity contribution >= 4 is 27.6 Å². The topological polar surface area (TPSA) is 91.8 Å². The molecule has 1 atom stereocenters. The van der Waals surface area contributed by atoms with E-state index in [9.17, 15) is 4.79 Å². The van der Waals surface area contributed by atoms with Crippen molar-refractivity contribution in [2.24, 2.45) is 0 Å². The Hall–Kier alpha value is -1.97. The number of thiazole rings is 1. The van der Waals surface area contributed by atoms with Crippen molar-refractivity contribution in [1.82, 2.24) is 15.3 Å². The van der Waals surface area contributed by atoms with Crippen LogP contribution in [0.25, 0.3) is 10.3 Å². The van der Waals surface area contributed by atoms with E-state index in [1.54, 1.807) is 19.1 Å². The molecule has 0 aliphatic rings. The lowest BCUT2D eigenvalue weighted by molar-refractivity contribution is -0.325. The van der Waals surface area contributed by atoms with Gasteiger partial charge in [-0.2, -0.15) is 4.89 Å². The van der Waals surface area contributed by atoms with E-state index in [2.05, 4.69) is 15.3 Å². The number of carbonyl (C=O) groups is 1. The summed E-state index contributed by atoms with van der Waals surface area (Å²) < 4.78 is 10.7. The average Bonchev–Trinajstić information content (AvgIpc) is 2.88. The highest BCUT2D eigenvalue weighted by Gasteiger charge is 2.08. The Labute approximate surface area is 137 Å². The zero-order valence-corrected chi connectivity index (χ0v) is 14.0. The second-order valence-electron chi connectivity index (χ2n) is 4.65. The molecule has 0 aromatic carbocycles. The maximum absolute atomic E-state index is 10.8. The van der Waals surface area contributed by atoms with Crippen LogP contribution in [0.5, 0.6) is 11.1 Å². The van der Waals surface area contributed by atoms with Crippen LogP contribution in [-0.2, 0) is 14.6 Å². The average molecular weight is 341 g/mol. The largest absolute Gasteiger partial charge is 0.470 e. The highest BCUT2D eigenvalue weighted by molar-refractivity contribution is 7.19. The molecule has 0 fully saturated rings. The van der Waals surface area contributed by atoms with Crippen LogP contribution in [0, 0.1) is 0 Å². The summed E-state index contributed by atoms with van der Waals surface area (Å²) in [6.45, 7) is 5.83. The van der Waals surface area contributed by atoms with Gasteiger partial charge in [0, 0.05) is 13.0 Å². The van der Waals surface area contributed by atoms with Gasteiger partial charge >= 0.3 is 0 Å². The van der Waals surface area contributed by atoms with Crippen molar-refractivity contribution in [2.75, 3.05) is 20.0 Å². The first-order valence-electron chi connectivity index (χ1n) is 7.13. The van der Waals surface area contributed by atoms with Gasteiger partial charge in [-0.15, -0.1) is 0 Å². The van der Waals surface area contributed by atoms with Crippen LogP contribution < -0.4 is 14.8 Å². The molecule has 23 heavy (non-hydrogen) atoms. The molecule has 0 aliphatic heterocycles. The molecule has 0 radical (unpaired) electrons. The number of hydrogen-bond donors (Lipinski definition) is 1. The summed E-state index contributed by atoms with van der Waals surface area (Å²) in [6, 6.07) is 3.36. The van der Waals surface area contributed by atoms with Gasteiger partial charge in [0.05, 0.1) is 12.6 Å². The quantitative estimate of drug-likeness (QED) is 0.322. The maximum Gasteiger partial charge on any atom is 0.275 e. The Kier molecular flexibility index (Phi) is 6.51.